The molecule has 0 spiro atoms. The van der Waals surface area contributed by atoms with E-state index in [1.165, 1.54) is 0 Å². The first-order valence-corrected chi connectivity index (χ1v) is 8.37. The number of likely N-dealkylation sites (tertiary alicyclic amines) is 1. The van der Waals surface area contributed by atoms with Gasteiger partial charge in [-0.15, -0.1) is 0 Å². The summed E-state index contributed by atoms with van der Waals surface area (Å²) >= 11 is 0. The van der Waals surface area contributed by atoms with Gasteiger partial charge < -0.3 is 14.4 Å². The number of hydrogen-bond donors (Lipinski definition) is 0. The average Bonchev–Trinajstić information content (AvgIpc) is 2.48. The van der Waals surface area contributed by atoms with E-state index in [2.05, 4.69) is 4.98 Å². The van der Waals surface area contributed by atoms with Gasteiger partial charge in [0, 0.05) is 25.4 Å². The second kappa shape index (κ2) is 7.66. The predicted octanol–water partition coefficient (Wildman–Crippen LogP) is 3.81. The van der Waals surface area contributed by atoms with Gasteiger partial charge in [-0.3, -0.25) is 0 Å². The molecule has 0 bridgehead atoms. The summed E-state index contributed by atoms with van der Waals surface area (Å²) in [4.78, 5) is 18.2. The summed E-state index contributed by atoms with van der Waals surface area (Å²) in [5.74, 6) is 1.12. The molecule has 0 saturated carbocycles. The Kier molecular flexibility index (Phi) is 5.85. The number of aromatic nitrogens is 1. The molecule has 0 aliphatic carbocycles. The normalized spacial score (nSPS) is 18.6. The molecule has 1 aliphatic rings. The number of rotatable bonds is 4. The predicted molar refractivity (Wildman–Crippen MR) is 89.6 cm³/mol. The van der Waals surface area contributed by atoms with Crippen LogP contribution in [0.4, 0.5) is 4.79 Å². The lowest BCUT2D eigenvalue weighted by Gasteiger charge is -2.34. The molecule has 2 rings (SSSR count). The van der Waals surface area contributed by atoms with E-state index in [1.54, 1.807) is 6.20 Å². The molecule has 0 aromatic carbocycles. The van der Waals surface area contributed by atoms with Gasteiger partial charge in [0.1, 0.15) is 5.60 Å². The molecule has 1 fully saturated rings. The van der Waals surface area contributed by atoms with Gasteiger partial charge in [-0.25, -0.2) is 9.78 Å². The van der Waals surface area contributed by atoms with Crippen LogP contribution < -0.4 is 4.74 Å². The van der Waals surface area contributed by atoms with Crippen LogP contribution in [0.25, 0.3) is 0 Å². The standard InChI is InChI=1S/C18H28N2O3/c1-14-7-8-16(19-12-14)22-11-9-15-6-5-10-20(13-15)17(21)23-18(2,3)4/h7-8,12,15H,5-6,9-11,13H2,1-4H3/t15-/m1/s1. The number of hydrogen-bond acceptors (Lipinski definition) is 4. The van der Waals surface area contributed by atoms with Gasteiger partial charge in [0.25, 0.3) is 0 Å². The van der Waals surface area contributed by atoms with Crippen molar-refractivity contribution in [3.05, 3.63) is 23.9 Å². The molecular weight excluding hydrogens is 292 g/mol. The molecule has 128 valence electrons. The Hall–Kier alpha value is -1.78. The van der Waals surface area contributed by atoms with Crippen LogP contribution in [0.2, 0.25) is 0 Å². The lowest BCUT2D eigenvalue weighted by Crippen LogP contribution is -2.43. The molecule has 0 radical (unpaired) electrons. The van der Waals surface area contributed by atoms with Crippen LogP contribution in [0.5, 0.6) is 5.88 Å². The minimum atomic E-state index is -0.440. The lowest BCUT2D eigenvalue weighted by molar-refractivity contribution is 0.0154. The molecule has 1 amide bonds. The van der Waals surface area contributed by atoms with Gasteiger partial charge in [-0.1, -0.05) is 6.07 Å². The molecular formula is C18H28N2O3. The molecule has 1 aliphatic heterocycles. The number of carbonyl (C=O) groups is 1. The Labute approximate surface area is 139 Å². The van der Waals surface area contributed by atoms with Crippen molar-refractivity contribution in [3.63, 3.8) is 0 Å². The van der Waals surface area contributed by atoms with Crippen molar-refractivity contribution in [2.24, 2.45) is 5.92 Å². The molecule has 5 nitrogen and oxygen atoms in total. The van der Waals surface area contributed by atoms with Crippen molar-refractivity contribution in [2.45, 2.75) is 52.6 Å². The molecule has 1 aromatic rings. The molecule has 2 heterocycles. The molecule has 5 heteroatoms. The Bertz CT molecular complexity index is 508. The van der Waals surface area contributed by atoms with Gasteiger partial charge in [0.05, 0.1) is 6.61 Å². The van der Waals surface area contributed by atoms with Crippen molar-refractivity contribution in [2.75, 3.05) is 19.7 Å². The Morgan fingerprint density at radius 2 is 2.17 bits per heavy atom. The van der Waals surface area contributed by atoms with E-state index in [0.717, 1.165) is 37.9 Å². The van der Waals surface area contributed by atoms with E-state index in [1.807, 2.05) is 44.7 Å². The molecule has 1 saturated heterocycles. The fraction of sp³-hybridized carbons (Fsp3) is 0.667. The first kappa shape index (κ1) is 17.6. The number of amides is 1. The zero-order valence-electron chi connectivity index (χ0n) is 14.7. The van der Waals surface area contributed by atoms with E-state index in [4.69, 9.17) is 9.47 Å². The fourth-order valence-corrected chi connectivity index (χ4v) is 2.66. The lowest BCUT2D eigenvalue weighted by atomic mass is 9.95. The summed E-state index contributed by atoms with van der Waals surface area (Å²) in [6.45, 7) is 9.86. The topological polar surface area (TPSA) is 51.7 Å². The monoisotopic (exact) mass is 320 g/mol. The number of ether oxygens (including phenoxy) is 2. The zero-order chi connectivity index (χ0) is 16.9. The summed E-state index contributed by atoms with van der Waals surface area (Å²) in [5, 5.41) is 0. The van der Waals surface area contributed by atoms with E-state index >= 15 is 0 Å². The van der Waals surface area contributed by atoms with Crippen molar-refractivity contribution in [1.29, 1.82) is 0 Å². The van der Waals surface area contributed by atoms with E-state index < -0.39 is 5.60 Å². The van der Waals surface area contributed by atoms with Crippen molar-refractivity contribution in [1.82, 2.24) is 9.88 Å². The number of piperidine rings is 1. The summed E-state index contributed by atoms with van der Waals surface area (Å²) in [6.07, 6.45) is 4.68. The summed E-state index contributed by atoms with van der Waals surface area (Å²) in [5.41, 5.74) is 0.683. The summed E-state index contributed by atoms with van der Waals surface area (Å²) < 4.78 is 11.2. The largest absolute Gasteiger partial charge is 0.478 e. The highest BCUT2D eigenvalue weighted by atomic mass is 16.6. The number of aryl methyl sites for hydroxylation is 1. The molecule has 1 aromatic heterocycles. The van der Waals surface area contributed by atoms with Crippen LogP contribution >= 0.6 is 0 Å². The highest BCUT2D eigenvalue weighted by Gasteiger charge is 2.27. The van der Waals surface area contributed by atoms with Crippen LogP contribution in [0, 0.1) is 12.8 Å². The minimum Gasteiger partial charge on any atom is -0.478 e. The van der Waals surface area contributed by atoms with Crippen LogP contribution in [0.3, 0.4) is 0 Å². The van der Waals surface area contributed by atoms with Gasteiger partial charge in [0.15, 0.2) is 0 Å². The molecule has 0 N–H and O–H groups in total. The number of nitrogens with zero attached hydrogens (tertiary/aromatic N) is 2. The smallest absolute Gasteiger partial charge is 0.410 e. The molecule has 0 unspecified atom stereocenters. The third-order valence-electron chi connectivity index (χ3n) is 3.83. The average molecular weight is 320 g/mol. The number of carbonyl (C=O) groups excluding carboxylic acids is 1. The van der Waals surface area contributed by atoms with Gasteiger partial charge >= 0.3 is 6.09 Å². The molecule has 23 heavy (non-hydrogen) atoms. The van der Waals surface area contributed by atoms with Gasteiger partial charge in [-0.05, 0) is 58.4 Å². The van der Waals surface area contributed by atoms with Gasteiger partial charge in [-0.2, -0.15) is 0 Å². The highest BCUT2D eigenvalue weighted by molar-refractivity contribution is 5.68. The second-order valence-corrected chi connectivity index (χ2v) is 7.25. The van der Waals surface area contributed by atoms with Crippen LogP contribution in [0.1, 0.15) is 45.6 Å². The maximum absolute atomic E-state index is 12.1. The third kappa shape index (κ3) is 6.08. The van der Waals surface area contributed by atoms with Crippen LogP contribution in [-0.2, 0) is 4.74 Å². The fourth-order valence-electron chi connectivity index (χ4n) is 2.66. The van der Waals surface area contributed by atoms with E-state index in [-0.39, 0.29) is 6.09 Å². The van der Waals surface area contributed by atoms with Crippen molar-refractivity contribution >= 4 is 6.09 Å². The van der Waals surface area contributed by atoms with Crippen molar-refractivity contribution in [3.8, 4) is 5.88 Å². The van der Waals surface area contributed by atoms with Gasteiger partial charge in [0.2, 0.25) is 5.88 Å². The quantitative estimate of drug-likeness (QED) is 0.846. The Morgan fingerprint density at radius 3 is 2.83 bits per heavy atom. The Morgan fingerprint density at radius 1 is 1.39 bits per heavy atom. The van der Waals surface area contributed by atoms with Crippen molar-refractivity contribution < 1.29 is 14.3 Å². The zero-order valence-corrected chi connectivity index (χ0v) is 14.7. The minimum absolute atomic E-state index is 0.205. The maximum Gasteiger partial charge on any atom is 0.410 e. The first-order chi connectivity index (χ1) is 10.8. The van der Waals surface area contributed by atoms with Crippen LogP contribution in [-0.4, -0.2) is 41.3 Å². The SMILES string of the molecule is Cc1ccc(OCC[C@H]2CCCN(C(=O)OC(C)(C)C)C2)nc1. The molecule has 1 atom stereocenters. The maximum atomic E-state index is 12.1. The summed E-state index contributed by atoms with van der Waals surface area (Å²) in [7, 11) is 0. The summed E-state index contributed by atoms with van der Waals surface area (Å²) in [6, 6.07) is 3.89. The van der Waals surface area contributed by atoms with E-state index in [0.29, 0.717) is 18.4 Å². The first-order valence-electron chi connectivity index (χ1n) is 8.37. The Balaban J connectivity index is 1.75. The second-order valence-electron chi connectivity index (χ2n) is 7.25. The third-order valence-corrected chi connectivity index (χ3v) is 3.83. The van der Waals surface area contributed by atoms with E-state index in [9.17, 15) is 4.79 Å². The highest BCUT2D eigenvalue weighted by Crippen LogP contribution is 2.22. The van der Waals surface area contributed by atoms with Crippen LogP contribution in [0.15, 0.2) is 18.3 Å². The number of pyridine rings is 1.